The van der Waals surface area contributed by atoms with Gasteiger partial charge in [0.1, 0.15) is 16.6 Å². The summed E-state index contributed by atoms with van der Waals surface area (Å²) in [6.45, 7) is 2.35. The van der Waals surface area contributed by atoms with Crippen LogP contribution in [0.2, 0.25) is 0 Å². The predicted octanol–water partition coefficient (Wildman–Crippen LogP) is 5.08. The van der Waals surface area contributed by atoms with Crippen molar-refractivity contribution in [2.75, 3.05) is 12.1 Å². The topological polar surface area (TPSA) is 67.2 Å². The van der Waals surface area contributed by atoms with Crippen molar-refractivity contribution in [1.29, 1.82) is 5.26 Å². The number of nitrogens with zero attached hydrogens (tertiary/aromatic N) is 2. The highest BCUT2D eigenvalue weighted by atomic mass is 32.1. The Bertz CT molecular complexity index is 1050. The van der Waals surface area contributed by atoms with Gasteiger partial charge >= 0.3 is 0 Å². The van der Waals surface area contributed by atoms with Gasteiger partial charge in [-0.3, -0.25) is 0 Å². The van der Waals surface area contributed by atoms with Crippen LogP contribution < -0.4 is 14.8 Å². The van der Waals surface area contributed by atoms with Gasteiger partial charge in [-0.2, -0.15) is 5.26 Å². The third-order valence-electron chi connectivity index (χ3n) is 4.29. The quantitative estimate of drug-likeness (QED) is 0.630. The van der Waals surface area contributed by atoms with Crippen LogP contribution in [0, 0.1) is 11.3 Å². The van der Waals surface area contributed by atoms with Crippen molar-refractivity contribution in [1.82, 2.24) is 4.98 Å². The number of benzene rings is 2. The fourth-order valence-corrected chi connectivity index (χ4v) is 3.64. The smallest absolute Gasteiger partial charge is 0.231 e. The van der Waals surface area contributed by atoms with Crippen molar-refractivity contribution in [3.05, 3.63) is 64.6 Å². The number of thiazole rings is 1. The first-order chi connectivity index (χ1) is 13.3. The Hall–Kier alpha value is -3.30. The largest absolute Gasteiger partial charge is 0.454 e. The minimum Gasteiger partial charge on any atom is -0.454 e. The van der Waals surface area contributed by atoms with Gasteiger partial charge in [-0.25, -0.2) is 4.98 Å². The molecule has 0 saturated heterocycles. The highest BCUT2D eigenvalue weighted by Crippen LogP contribution is 2.36. The van der Waals surface area contributed by atoms with E-state index in [0.717, 1.165) is 34.9 Å². The highest BCUT2D eigenvalue weighted by Gasteiger charge is 2.16. The van der Waals surface area contributed by atoms with Crippen LogP contribution >= 0.6 is 11.3 Å². The molecule has 1 aliphatic heterocycles. The molecule has 0 amide bonds. The van der Waals surface area contributed by atoms with Crippen LogP contribution in [-0.2, 0) is 6.42 Å². The summed E-state index contributed by atoms with van der Waals surface area (Å²) in [7, 11) is 0. The third-order valence-corrected chi connectivity index (χ3v) is 5.17. The molecule has 5 nitrogen and oxygen atoms in total. The minimum absolute atomic E-state index is 0.243. The molecule has 0 saturated carbocycles. The van der Waals surface area contributed by atoms with Crippen molar-refractivity contribution in [2.45, 2.75) is 13.3 Å². The Kier molecular flexibility index (Phi) is 4.77. The van der Waals surface area contributed by atoms with E-state index in [0.29, 0.717) is 10.6 Å². The number of hydrogen-bond acceptors (Lipinski definition) is 6. The van der Waals surface area contributed by atoms with E-state index in [-0.39, 0.29) is 6.79 Å². The van der Waals surface area contributed by atoms with E-state index in [2.05, 4.69) is 29.4 Å². The molecular formula is C21H17N3O2S. The number of fused-ring (bicyclic) bond motifs is 1. The van der Waals surface area contributed by atoms with Crippen LogP contribution in [-0.4, -0.2) is 11.8 Å². The van der Waals surface area contributed by atoms with E-state index >= 15 is 0 Å². The summed E-state index contributed by atoms with van der Waals surface area (Å²) in [6, 6.07) is 16.0. The third kappa shape index (κ3) is 3.50. The standard InChI is InChI=1S/C21H17N3O2S/c1-2-14-5-3-4-6-17(14)23-11-16(10-22)21-24-18(12-27-21)15-7-8-19-20(9-15)26-13-25-19/h3-9,11-12,23H,2,13H2,1H3. The average molecular weight is 375 g/mol. The first-order valence-corrected chi connectivity index (χ1v) is 9.47. The summed E-state index contributed by atoms with van der Waals surface area (Å²) in [5.74, 6) is 1.46. The van der Waals surface area contributed by atoms with Crippen LogP contribution in [0.25, 0.3) is 16.8 Å². The van der Waals surface area contributed by atoms with Gasteiger partial charge in [-0.15, -0.1) is 11.3 Å². The van der Waals surface area contributed by atoms with Gasteiger partial charge in [0, 0.05) is 22.8 Å². The fourth-order valence-electron chi connectivity index (χ4n) is 2.85. The zero-order valence-corrected chi connectivity index (χ0v) is 15.5. The van der Waals surface area contributed by atoms with E-state index < -0.39 is 0 Å². The zero-order chi connectivity index (χ0) is 18.6. The minimum atomic E-state index is 0.243. The van der Waals surface area contributed by atoms with Crippen molar-refractivity contribution in [2.24, 2.45) is 0 Å². The summed E-state index contributed by atoms with van der Waals surface area (Å²) >= 11 is 1.44. The summed E-state index contributed by atoms with van der Waals surface area (Å²) in [4.78, 5) is 4.62. The molecule has 4 rings (SSSR count). The van der Waals surface area contributed by atoms with Gasteiger partial charge in [-0.1, -0.05) is 25.1 Å². The zero-order valence-electron chi connectivity index (χ0n) is 14.7. The first-order valence-electron chi connectivity index (χ1n) is 8.59. The normalized spacial score (nSPS) is 12.7. The molecule has 0 fully saturated rings. The van der Waals surface area contributed by atoms with Gasteiger partial charge in [0.25, 0.3) is 0 Å². The molecule has 0 spiro atoms. The maximum Gasteiger partial charge on any atom is 0.231 e. The number of aryl methyl sites for hydroxylation is 1. The Labute approximate surface area is 161 Å². The van der Waals surface area contributed by atoms with Crippen molar-refractivity contribution >= 4 is 22.6 Å². The Balaban J connectivity index is 1.58. The van der Waals surface area contributed by atoms with Crippen LogP contribution in [0.5, 0.6) is 11.5 Å². The lowest BCUT2D eigenvalue weighted by atomic mass is 10.1. The summed E-state index contributed by atoms with van der Waals surface area (Å²) in [5.41, 5.74) is 4.44. The maximum atomic E-state index is 9.56. The molecule has 1 aromatic heterocycles. The van der Waals surface area contributed by atoms with Gasteiger partial charge in [0.05, 0.1) is 5.69 Å². The molecule has 134 valence electrons. The number of allylic oxidation sites excluding steroid dienone is 1. The summed E-state index contributed by atoms with van der Waals surface area (Å²) in [5, 5.41) is 15.4. The Morgan fingerprint density at radius 3 is 2.96 bits per heavy atom. The molecule has 6 heteroatoms. The molecule has 1 N–H and O–H groups in total. The van der Waals surface area contributed by atoms with Crippen molar-refractivity contribution < 1.29 is 9.47 Å². The van der Waals surface area contributed by atoms with Gasteiger partial charge < -0.3 is 14.8 Å². The number of nitrogens with one attached hydrogen (secondary N) is 1. The number of hydrogen-bond donors (Lipinski definition) is 1. The van der Waals surface area contributed by atoms with Crippen LogP contribution in [0.15, 0.2) is 54.0 Å². The van der Waals surface area contributed by atoms with Crippen LogP contribution in [0.3, 0.4) is 0 Å². The van der Waals surface area contributed by atoms with Crippen LogP contribution in [0.4, 0.5) is 5.69 Å². The van der Waals surface area contributed by atoms with E-state index in [4.69, 9.17) is 9.47 Å². The first kappa shape index (κ1) is 17.1. The highest BCUT2D eigenvalue weighted by molar-refractivity contribution is 7.11. The predicted molar refractivity (Wildman–Crippen MR) is 107 cm³/mol. The molecule has 2 heterocycles. The SMILES string of the molecule is CCc1ccccc1NC=C(C#N)c1nc(-c2ccc3c(c2)OCO3)cs1. The van der Waals surface area contributed by atoms with Crippen LogP contribution in [0.1, 0.15) is 17.5 Å². The molecule has 1 aliphatic rings. The molecule has 3 aromatic rings. The average Bonchev–Trinajstić information content (AvgIpc) is 3.38. The van der Waals surface area contributed by atoms with Crippen molar-refractivity contribution in [3.8, 4) is 28.8 Å². The lowest BCUT2D eigenvalue weighted by Crippen LogP contribution is -1.95. The van der Waals surface area contributed by atoms with Crippen molar-refractivity contribution in [3.63, 3.8) is 0 Å². The molecule has 0 radical (unpaired) electrons. The monoisotopic (exact) mass is 375 g/mol. The van der Waals surface area contributed by atoms with E-state index in [1.165, 1.54) is 16.9 Å². The second kappa shape index (κ2) is 7.52. The molecule has 0 atom stereocenters. The fraction of sp³-hybridized carbons (Fsp3) is 0.143. The summed E-state index contributed by atoms with van der Waals surface area (Å²) in [6.07, 6.45) is 2.64. The van der Waals surface area contributed by atoms with Gasteiger partial charge in [0.2, 0.25) is 6.79 Å². The second-order valence-corrected chi connectivity index (χ2v) is 6.79. The van der Waals surface area contributed by atoms with Gasteiger partial charge in [-0.05, 0) is 36.2 Å². The van der Waals surface area contributed by atoms with E-state index in [9.17, 15) is 5.26 Å². The van der Waals surface area contributed by atoms with Gasteiger partial charge in [0.15, 0.2) is 11.5 Å². The number of anilines is 1. The lowest BCUT2D eigenvalue weighted by molar-refractivity contribution is 0.174. The molecule has 0 bridgehead atoms. The Morgan fingerprint density at radius 1 is 1.26 bits per heavy atom. The molecule has 0 aliphatic carbocycles. The number of aromatic nitrogens is 1. The lowest BCUT2D eigenvalue weighted by Gasteiger charge is -2.07. The van der Waals surface area contributed by atoms with E-state index in [1.807, 2.05) is 41.8 Å². The Morgan fingerprint density at radius 2 is 2.11 bits per heavy atom. The summed E-state index contributed by atoms with van der Waals surface area (Å²) < 4.78 is 10.8. The molecular weight excluding hydrogens is 358 g/mol. The number of para-hydroxylation sites is 1. The number of rotatable bonds is 5. The molecule has 27 heavy (non-hydrogen) atoms. The van der Waals surface area contributed by atoms with E-state index in [1.54, 1.807) is 6.20 Å². The number of nitriles is 1. The molecule has 2 aromatic carbocycles. The maximum absolute atomic E-state index is 9.56. The second-order valence-electron chi connectivity index (χ2n) is 5.93. The molecule has 0 unspecified atom stereocenters. The number of ether oxygens (including phenoxy) is 2.